The van der Waals surface area contributed by atoms with Crippen LogP contribution in [0.25, 0.3) is 9.65 Å². The van der Waals surface area contributed by atoms with Gasteiger partial charge in [-0.15, -0.1) is 0 Å². The van der Waals surface area contributed by atoms with Crippen molar-refractivity contribution in [3.05, 3.63) is 34.6 Å². The monoisotopic (exact) mass is 384 g/mol. The maximum atomic E-state index is 12.6. The van der Waals surface area contributed by atoms with Crippen molar-refractivity contribution in [3.8, 4) is 0 Å². The fourth-order valence-corrected chi connectivity index (χ4v) is 4.99. The molecule has 0 aliphatic rings. The van der Waals surface area contributed by atoms with Crippen LogP contribution in [0.1, 0.15) is 26.8 Å². The normalized spacial score (nSPS) is 13.8. The van der Waals surface area contributed by atoms with Crippen LogP contribution in [-0.2, 0) is 14.3 Å². The van der Waals surface area contributed by atoms with E-state index in [1.807, 2.05) is 32.0 Å². The van der Waals surface area contributed by atoms with E-state index in [0.29, 0.717) is 5.39 Å². The Morgan fingerprint density at radius 1 is 1.22 bits per heavy atom. The first-order valence-corrected chi connectivity index (χ1v) is 8.97. The molecule has 124 valence electrons. The number of nitrogens with zero attached hydrogens (tertiary/aromatic N) is 1. The van der Waals surface area contributed by atoms with E-state index in [4.69, 9.17) is 0 Å². The summed E-state index contributed by atoms with van der Waals surface area (Å²) in [6, 6.07) is 6.05. The van der Waals surface area contributed by atoms with E-state index in [1.54, 1.807) is 16.6 Å². The summed E-state index contributed by atoms with van der Waals surface area (Å²) >= 11 is -0.242. The van der Waals surface area contributed by atoms with Gasteiger partial charge in [-0.05, 0) is 0 Å². The van der Waals surface area contributed by atoms with Crippen molar-refractivity contribution >= 4 is 36.3 Å². The van der Waals surface area contributed by atoms with Crippen molar-refractivity contribution in [1.82, 2.24) is 8.88 Å². The molecular formula is C16H20N2O4Se. The molecule has 0 bridgehead atoms. The first-order valence-electron chi connectivity index (χ1n) is 7.35. The quantitative estimate of drug-likeness (QED) is 0.616. The summed E-state index contributed by atoms with van der Waals surface area (Å²) in [6.07, 6.45) is 0. The molecule has 0 unspecified atom stereocenters. The molecule has 0 spiro atoms. The molecule has 1 heterocycles. The topological polar surface area (TPSA) is 77.4 Å². The Morgan fingerprint density at radius 3 is 2.43 bits per heavy atom. The van der Waals surface area contributed by atoms with Crippen LogP contribution >= 0.6 is 0 Å². The summed E-state index contributed by atoms with van der Waals surface area (Å²) in [4.78, 5) is 36.7. The summed E-state index contributed by atoms with van der Waals surface area (Å²) in [7, 11) is 1.27. The number of hydrogen-bond donors (Lipinski definition) is 1. The van der Waals surface area contributed by atoms with E-state index in [-0.39, 0.29) is 32.1 Å². The van der Waals surface area contributed by atoms with Crippen molar-refractivity contribution in [3.63, 3.8) is 0 Å². The van der Waals surface area contributed by atoms with Crippen LogP contribution in [0.3, 0.4) is 0 Å². The number of ether oxygens (including phenoxy) is 1. The summed E-state index contributed by atoms with van der Waals surface area (Å²) in [5.41, 5.74) is -0.125. The number of benzene rings is 1. The first-order chi connectivity index (χ1) is 10.9. The second kappa shape index (κ2) is 7.15. The fourth-order valence-electron chi connectivity index (χ4n) is 2.39. The van der Waals surface area contributed by atoms with Crippen molar-refractivity contribution in [2.75, 3.05) is 7.11 Å². The summed E-state index contributed by atoms with van der Waals surface area (Å²) < 4.78 is 7.22. The van der Waals surface area contributed by atoms with Gasteiger partial charge < -0.3 is 0 Å². The molecule has 1 N–H and O–H groups in total. The minimum atomic E-state index is -0.749. The van der Waals surface area contributed by atoms with E-state index >= 15 is 0 Å². The number of carbonyl (C=O) groups excluding carboxylic acids is 2. The molecule has 1 aromatic heterocycles. The number of amides is 1. The molecule has 0 saturated carbocycles. The third-order valence-corrected chi connectivity index (χ3v) is 5.98. The van der Waals surface area contributed by atoms with Crippen LogP contribution in [0.2, 0.25) is 0 Å². The van der Waals surface area contributed by atoms with E-state index < -0.39 is 18.1 Å². The minimum absolute atomic E-state index is 0.0695. The van der Waals surface area contributed by atoms with E-state index in [2.05, 4.69) is 10.1 Å². The van der Waals surface area contributed by atoms with Gasteiger partial charge in [0.25, 0.3) is 0 Å². The van der Waals surface area contributed by atoms with E-state index in [0.717, 1.165) is 4.26 Å². The number of carbonyl (C=O) groups is 2. The molecular weight excluding hydrogens is 363 g/mol. The molecule has 6 nitrogen and oxygen atoms in total. The van der Waals surface area contributed by atoms with Gasteiger partial charge in [0.15, 0.2) is 0 Å². The number of hydrogen-bond acceptors (Lipinski definition) is 4. The van der Waals surface area contributed by atoms with Crippen LogP contribution in [0.4, 0.5) is 0 Å². The van der Waals surface area contributed by atoms with Crippen LogP contribution in [0.5, 0.6) is 0 Å². The average Bonchev–Trinajstić information content (AvgIpc) is 2.83. The Morgan fingerprint density at radius 2 is 1.87 bits per heavy atom. The Kier molecular flexibility index (Phi) is 5.44. The number of esters is 1. The van der Waals surface area contributed by atoms with E-state index in [1.165, 1.54) is 7.11 Å². The van der Waals surface area contributed by atoms with Gasteiger partial charge in [0.05, 0.1) is 0 Å². The molecule has 0 radical (unpaired) electrons. The van der Waals surface area contributed by atoms with Crippen molar-refractivity contribution in [1.29, 1.82) is 0 Å². The van der Waals surface area contributed by atoms with Gasteiger partial charge in [-0.2, -0.15) is 0 Å². The standard InChI is InChI=1S/C16H20N2O4Se/c1-9(2)13(14(19)17-10(3)16(21)22-4)18-15(20)11-7-5-6-8-12(11)23-18/h5-10,13H,1-4H3,(H,17,19)/t10-,13-/m0/s1. The second-order valence-electron chi connectivity index (χ2n) is 5.66. The van der Waals surface area contributed by atoms with Crippen molar-refractivity contribution in [2.24, 2.45) is 5.92 Å². The fraction of sp³-hybridized carbons (Fsp3) is 0.438. The third-order valence-electron chi connectivity index (χ3n) is 3.58. The Hall–Kier alpha value is -1.85. The van der Waals surface area contributed by atoms with Gasteiger partial charge in [0, 0.05) is 0 Å². The van der Waals surface area contributed by atoms with Crippen LogP contribution in [0, 0.1) is 5.92 Å². The SMILES string of the molecule is COC(=O)[C@H](C)NC(=O)[C@H](C(C)C)n1[se]c2ccccc2c1=O. The predicted molar refractivity (Wildman–Crippen MR) is 88.6 cm³/mol. The molecule has 2 aromatic rings. The van der Waals surface area contributed by atoms with Crippen molar-refractivity contribution < 1.29 is 14.3 Å². The molecule has 1 aromatic carbocycles. The Labute approximate surface area is 140 Å². The van der Waals surface area contributed by atoms with Crippen LogP contribution in [-0.4, -0.2) is 43.3 Å². The molecule has 0 aliphatic carbocycles. The maximum absolute atomic E-state index is 12.6. The summed E-state index contributed by atoms with van der Waals surface area (Å²) in [5, 5.41) is 3.30. The van der Waals surface area contributed by atoms with Gasteiger partial charge in [-0.25, -0.2) is 0 Å². The molecule has 0 saturated heterocycles. The number of methoxy groups -OCH3 is 1. The van der Waals surface area contributed by atoms with Gasteiger partial charge in [0.1, 0.15) is 0 Å². The summed E-state index contributed by atoms with van der Waals surface area (Å²) in [6.45, 7) is 5.34. The molecule has 2 atom stereocenters. The molecule has 0 fully saturated rings. The third kappa shape index (κ3) is 3.56. The van der Waals surface area contributed by atoms with Gasteiger partial charge in [0.2, 0.25) is 0 Å². The molecule has 7 heteroatoms. The molecule has 23 heavy (non-hydrogen) atoms. The Balaban J connectivity index is 2.37. The molecule has 0 aliphatic heterocycles. The van der Waals surface area contributed by atoms with Crippen molar-refractivity contribution in [2.45, 2.75) is 32.9 Å². The van der Waals surface area contributed by atoms with Crippen LogP contribution < -0.4 is 10.9 Å². The van der Waals surface area contributed by atoms with Crippen LogP contribution in [0.15, 0.2) is 29.1 Å². The zero-order valence-electron chi connectivity index (χ0n) is 13.5. The zero-order chi connectivity index (χ0) is 17.1. The number of rotatable bonds is 5. The molecule has 2 rings (SSSR count). The summed E-state index contributed by atoms with van der Waals surface area (Å²) in [5.74, 6) is -0.914. The number of aromatic nitrogens is 1. The number of fused-ring (bicyclic) bond motifs is 1. The Bertz CT molecular complexity index is 778. The molecule has 1 amide bonds. The van der Waals surface area contributed by atoms with Gasteiger partial charge >= 0.3 is 140 Å². The van der Waals surface area contributed by atoms with E-state index in [9.17, 15) is 14.4 Å². The first kappa shape index (κ1) is 17.5. The predicted octanol–water partition coefficient (Wildman–Crippen LogP) is 0.933. The zero-order valence-corrected chi connectivity index (χ0v) is 15.2. The van der Waals surface area contributed by atoms with Gasteiger partial charge in [-0.1, -0.05) is 0 Å². The second-order valence-corrected chi connectivity index (χ2v) is 7.79. The average molecular weight is 383 g/mol. The van der Waals surface area contributed by atoms with Gasteiger partial charge in [-0.3, -0.25) is 0 Å². The number of nitrogens with one attached hydrogen (secondary N) is 1.